The van der Waals surface area contributed by atoms with Crippen LogP contribution in [0.15, 0.2) is 77.6 Å². The lowest BCUT2D eigenvalue weighted by atomic mass is 10.0. The molecule has 0 bridgehead atoms. The predicted octanol–water partition coefficient (Wildman–Crippen LogP) is 5.30. The maximum Gasteiger partial charge on any atom is 0.230 e. The fraction of sp³-hybridized carbons (Fsp3) is 0.160. The van der Waals surface area contributed by atoms with Crippen LogP contribution < -0.4 is 0 Å². The smallest absolute Gasteiger partial charge is 0.230 e. The van der Waals surface area contributed by atoms with Crippen LogP contribution in [0.3, 0.4) is 0 Å². The lowest BCUT2D eigenvalue weighted by Crippen LogP contribution is -2.48. The van der Waals surface area contributed by atoms with Gasteiger partial charge in [-0.3, -0.25) is 4.68 Å². The number of alkyl halides is 1. The summed E-state index contributed by atoms with van der Waals surface area (Å²) >= 11 is 0. The average molecular weight is 444 g/mol. The maximum atomic E-state index is 14.8. The Balaban J connectivity index is 1.51. The normalized spacial score (nSPS) is 15.0. The van der Waals surface area contributed by atoms with Crippen molar-refractivity contribution >= 4 is 11.1 Å². The second kappa shape index (κ2) is 7.60. The van der Waals surface area contributed by atoms with E-state index in [1.54, 1.807) is 23.0 Å². The van der Waals surface area contributed by atoms with Crippen LogP contribution in [0, 0.1) is 5.82 Å². The Bertz CT molecular complexity index is 1440. The van der Waals surface area contributed by atoms with Gasteiger partial charge in [0.1, 0.15) is 23.6 Å². The largest absolute Gasteiger partial charge is 0.438 e. The van der Waals surface area contributed by atoms with Gasteiger partial charge in [0.15, 0.2) is 5.67 Å². The van der Waals surface area contributed by atoms with Crippen molar-refractivity contribution in [3.05, 3.63) is 79.0 Å². The van der Waals surface area contributed by atoms with Crippen LogP contribution >= 0.6 is 0 Å². The monoisotopic (exact) mass is 444 g/mol. The molecule has 6 rings (SSSR count). The van der Waals surface area contributed by atoms with Crippen LogP contribution in [0.5, 0.6) is 0 Å². The van der Waals surface area contributed by atoms with Gasteiger partial charge in [-0.1, -0.05) is 30.3 Å². The van der Waals surface area contributed by atoms with E-state index in [1.807, 2.05) is 36.4 Å². The molecule has 0 unspecified atom stereocenters. The first kappa shape index (κ1) is 19.8. The Labute approximate surface area is 187 Å². The Morgan fingerprint density at radius 1 is 0.939 bits per heavy atom. The van der Waals surface area contributed by atoms with E-state index in [0.29, 0.717) is 39.4 Å². The van der Waals surface area contributed by atoms with Gasteiger partial charge >= 0.3 is 0 Å². The van der Waals surface area contributed by atoms with Gasteiger partial charge in [-0.25, -0.2) is 18.7 Å². The molecule has 4 heterocycles. The van der Waals surface area contributed by atoms with Crippen molar-refractivity contribution in [3.8, 4) is 33.8 Å². The third-order valence-electron chi connectivity index (χ3n) is 5.69. The third kappa shape index (κ3) is 3.58. The SMILES string of the molecule is Fc1ccc(-c2nn(CC3(F)COC3)cc2-c2ncnc3oc(-c4ccccc4)cc23)cc1. The van der Waals surface area contributed by atoms with Crippen LogP contribution in [0.4, 0.5) is 8.78 Å². The van der Waals surface area contributed by atoms with Gasteiger partial charge in [0.25, 0.3) is 0 Å². The van der Waals surface area contributed by atoms with Gasteiger partial charge in [0.05, 0.1) is 30.8 Å². The predicted molar refractivity (Wildman–Crippen MR) is 119 cm³/mol. The van der Waals surface area contributed by atoms with E-state index in [0.717, 1.165) is 5.56 Å². The minimum absolute atomic E-state index is 0.0357. The minimum atomic E-state index is -1.46. The van der Waals surface area contributed by atoms with Crippen LogP contribution in [0.1, 0.15) is 0 Å². The molecule has 2 aromatic carbocycles. The molecule has 8 heteroatoms. The quantitative estimate of drug-likeness (QED) is 0.368. The van der Waals surface area contributed by atoms with Crippen LogP contribution in [0.25, 0.3) is 44.9 Å². The van der Waals surface area contributed by atoms with E-state index in [2.05, 4.69) is 15.1 Å². The molecule has 1 saturated heterocycles. The molecule has 5 aromatic rings. The zero-order valence-corrected chi connectivity index (χ0v) is 17.4. The number of rotatable bonds is 5. The van der Waals surface area contributed by atoms with Crippen molar-refractivity contribution in [2.75, 3.05) is 13.2 Å². The molecule has 0 amide bonds. The lowest BCUT2D eigenvalue weighted by Gasteiger charge is -2.33. The molecule has 0 radical (unpaired) electrons. The second-order valence-electron chi connectivity index (χ2n) is 8.16. The first-order valence-electron chi connectivity index (χ1n) is 10.5. The number of furan rings is 1. The summed E-state index contributed by atoms with van der Waals surface area (Å²) in [6.07, 6.45) is 3.19. The molecule has 1 fully saturated rings. The Morgan fingerprint density at radius 3 is 2.45 bits per heavy atom. The van der Waals surface area contributed by atoms with E-state index < -0.39 is 5.67 Å². The van der Waals surface area contributed by atoms with Crippen LogP contribution in [-0.4, -0.2) is 38.6 Å². The number of aromatic nitrogens is 4. The highest BCUT2D eigenvalue weighted by molar-refractivity contribution is 5.95. The summed E-state index contributed by atoms with van der Waals surface area (Å²) in [5.41, 5.74) is 2.45. The Hall–Kier alpha value is -3.91. The molecule has 0 N–H and O–H groups in total. The van der Waals surface area contributed by atoms with Gasteiger partial charge in [-0.15, -0.1) is 0 Å². The molecule has 1 aliphatic heterocycles. The van der Waals surface area contributed by atoms with Crippen molar-refractivity contribution in [2.45, 2.75) is 12.2 Å². The number of fused-ring (bicyclic) bond motifs is 1. The van der Waals surface area contributed by atoms with Crippen LogP contribution in [0.2, 0.25) is 0 Å². The topological polar surface area (TPSA) is 66.0 Å². The molecule has 0 spiro atoms. The van der Waals surface area contributed by atoms with E-state index in [1.165, 1.54) is 18.5 Å². The summed E-state index contributed by atoms with van der Waals surface area (Å²) in [6.45, 7) is 0.123. The number of hydrogen-bond donors (Lipinski definition) is 0. The summed E-state index contributed by atoms with van der Waals surface area (Å²) in [6, 6.07) is 17.6. The molecule has 0 aliphatic carbocycles. The third-order valence-corrected chi connectivity index (χ3v) is 5.69. The zero-order valence-electron chi connectivity index (χ0n) is 17.4. The van der Waals surface area contributed by atoms with Crippen LogP contribution in [-0.2, 0) is 11.3 Å². The summed E-state index contributed by atoms with van der Waals surface area (Å²) < 4.78 is 40.9. The molecular weight excluding hydrogens is 426 g/mol. The van der Waals surface area contributed by atoms with E-state index >= 15 is 0 Å². The molecule has 0 saturated carbocycles. The number of hydrogen-bond acceptors (Lipinski definition) is 5. The Kier molecular flexibility index (Phi) is 4.55. The van der Waals surface area contributed by atoms with Crippen molar-refractivity contribution in [2.24, 2.45) is 0 Å². The molecule has 6 nitrogen and oxygen atoms in total. The summed E-state index contributed by atoms with van der Waals surface area (Å²) in [5, 5.41) is 5.34. The second-order valence-corrected chi connectivity index (χ2v) is 8.16. The van der Waals surface area contributed by atoms with E-state index in [9.17, 15) is 8.78 Å². The van der Waals surface area contributed by atoms with Gasteiger partial charge < -0.3 is 9.15 Å². The highest BCUT2D eigenvalue weighted by Crippen LogP contribution is 2.37. The average Bonchev–Trinajstić information content (AvgIpc) is 3.43. The van der Waals surface area contributed by atoms with Gasteiger partial charge in [-0.05, 0) is 30.3 Å². The fourth-order valence-corrected chi connectivity index (χ4v) is 4.02. The van der Waals surface area contributed by atoms with Crippen molar-refractivity contribution in [1.82, 2.24) is 19.7 Å². The van der Waals surface area contributed by atoms with Gasteiger partial charge in [0, 0.05) is 22.9 Å². The minimum Gasteiger partial charge on any atom is -0.438 e. The highest BCUT2D eigenvalue weighted by Gasteiger charge is 2.39. The first-order chi connectivity index (χ1) is 16.1. The highest BCUT2D eigenvalue weighted by atomic mass is 19.1. The summed E-state index contributed by atoms with van der Waals surface area (Å²) in [4.78, 5) is 8.80. The van der Waals surface area contributed by atoms with E-state index in [-0.39, 0.29) is 25.6 Å². The summed E-state index contributed by atoms with van der Waals surface area (Å²) in [7, 11) is 0. The number of ether oxygens (including phenoxy) is 1. The zero-order chi connectivity index (χ0) is 22.4. The van der Waals surface area contributed by atoms with Crippen molar-refractivity contribution in [3.63, 3.8) is 0 Å². The first-order valence-corrected chi connectivity index (χ1v) is 10.5. The van der Waals surface area contributed by atoms with Crippen molar-refractivity contribution < 1.29 is 17.9 Å². The molecule has 1 aliphatic rings. The molecule has 3 aromatic heterocycles. The fourth-order valence-electron chi connectivity index (χ4n) is 4.02. The number of halogens is 2. The lowest BCUT2D eigenvalue weighted by molar-refractivity contribution is -0.138. The molecule has 164 valence electrons. The standard InChI is InChI=1S/C25H18F2N4O2/c26-18-8-6-17(7-9-18)22-20(11-31(30-22)12-25(27)13-32-14-25)23-19-10-21(16-4-2-1-3-5-16)33-24(19)29-15-28-23/h1-11,15H,12-14H2. The molecule has 33 heavy (non-hydrogen) atoms. The number of nitrogens with zero attached hydrogens (tertiary/aromatic N) is 4. The maximum absolute atomic E-state index is 14.8. The Morgan fingerprint density at radius 2 is 1.73 bits per heavy atom. The van der Waals surface area contributed by atoms with Gasteiger partial charge in [0.2, 0.25) is 5.71 Å². The van der Waals surface area contributed by atoms with Gasteiger partial charge in [-0.2, -0.15) is 5.10 Å². The molecule has 0 atom stereocenters. The summed E-state index contributed by atoms with van der Waals surface area (Å²) in [5.74, 6) is 0.318. The number of benzene rings is 2. The molecular formula is C25H18F2N4O2. The van der Waals surface area contributed by atoms with E-state index in [4.69, 9.17) is 9.15 Å². The van der Waals surface area contributed by atoms with Crippen molar-refractivity contribution in [1.29, 1.82) is 0 Å².